The van der Waals surface area contributed by atoms with Crippen LogP contribution in [0.5, 0.6) is 0 Å². The lowest BCUT2D eigenvalue weighted by molar-refractivity contribution is -0.174. The van der Waals surface area contributed by atoms with Gasteiger partial charge in [-0.3, -0.25) is 0 Å². The lowest BCUT2D eigenvalue weighted by Gasteiger charge is -2.29. The van der Waals surface area contributed by atoms with E-state index in [1.54, 1.807) is 31.2 Å². The monoisotopic (exact) mass is 394 g/mol. The number of esters is 1. The molecule has 0 N–H and O–H groups in total. The van der Waals surface area contributed by atoms with Gasteiger partial charge in [0, 0.05) is 15.6 Å². The van der Waals surface area contributed by atoms with E-state index in [4.69, 9.17) is 37.4 Å². The highest BCUT2D eigenvalue weighted by Crippen LogP contribution is 2.49. The van der Waals surface area contributed by atoms with Crippen LogP contribution in [0, 0.1) is 0 Å². The lowest BCUT2D eigenvalue weighted by atomic mass is 9.88. The predicted octanol–water partition coefficient (Wildman–Crippen LogP) is 5.49. The van der Waals surface area contributed by atoms with E-state index in [-0.39, 0.29) is 6.61 Å². The summed E-state index contributed by atoms with van der Waals surface area (Å²) in [7, 11) is 0. The molecule has 1 heterocycles. The molecule has 1 aliphatic heterocycles. The van der Waals surface area contributed by atoms with Gasteiger partial charge in [-0.15, -0.1) is 0 Å². The summed E-state index contributed by atoms with van der Waals surface area (Å²) < 4.78 is 17.6. The summed E-state index contributed by atoms with van der Waals surface area (Å²) in [6, 6.07) is 14.4. The van der Waals surface area contributed by atoms with Crippen molar-refractivity contribution in [1.29, 1.82) is 0 Å². The fourth-order valence-corrected chi connectivity index (χ4v) is 3.55. The van der Waals surface area contributed by atoms with Gasteiger partial charge in [-0.05, 0) is 43.2 Å². The Labute approximate surface area is 163 Å². The van der Waals surface area contributed by atoms with Gasteiger partial charge in [-0.2, -0.15) is 0 Å². The van der Waals surface area contributed by atoms with Crippen LogP contribution in [0.2, 0.25) is 10.0 Å². The second kappa shape index (κ2) is 7.97. The molecule has 26 heavy (non-hydrogen) atoms. The summed E-state index contributed by atoms with van der Waals surface area (Å²) in [6.45, 7) is 3.89. The third-order valence-electron chi connectivity index (χ3n) is 4.42. The van der Waals surface area contributed by atoms with Crippen LogP contribution in [-0.2, 0) is 19.0 Å². The highest BCUT2D eigenvalue weighted by molar-refractivity contribution is 6.30. The largest absolute Gasteiger partial charge is 0.464 e. The molecule has 0 saturated carbocycles. The molecule has 0 bridgehead atoms. The van der Waals surface area contributed by atoms with Gasteiger partial charge in [0.2, 0.25) is 0 Å². The van der Waals surface area contributed by atoms with Gasteiger partial charge in [-0.1, -0.05) is 54.4 Å². The first-order chi connectivity index (χ1) is 12.5. The molecule has 0 amide bonds. The van der Waals surface area contributed by atoms with Crippen molar-refractivity contribution in [3.05, 3.63) is 69.7 Å². The average molecular weight is 395 g/mol. The molecule has 138 valence electrons. The number of rotatable bonds is 5. The van der Waals surface area contributed by atoms with Crippen molar-refractivity contribution in [3.63, 3.8) is 0 Å². The minimum absolute atomic E-state index is 0.258. The van der Waals surface area contributed by atoms with E-state index in [0.29, 0.717) is 16.5 Å². The minimum Gasteiger partial charge on any atom is -0.464 e. The topological polar surface area (TPSA) is 44.8 Å². The van der Waals surface area contributed by atoms with Gasteiger partial charge >= 0.3 is 5.97 Å². The van der Waals surface area contributed by atoms with Gasteiger partial charge < -0.3 is 14.2 Å². The number of hydrogen-bond donors (Lipinski definition) is 0. The van der Waals surface area contributed by atoms with E-state index in [9.17, 15) is 4.79 Å². The van der Waals surface area contributed by atoms with Crippen molar-refractivity contribution >= 4 is 29.2 Å². The smallest absolute Gasteiger partial charge is 0.341 e. The van der Waals surface area contributed by atoms with E-state index < -0.39 is 24.0 Å². The van der Waals surface area contributed by atoms with Crippen LogP contribution < -0.4 is 0 Å². The van der Waals surface area contributed by atoms with Gasteiger partial charge in [0.05, 0.1) is 6.61 Å². The van der Waals surface area contributed by atoms with Crippen molar-refractivity contribution in [3.8, 4) is 0 Å². The molecule has 0 unspecified atom stereocenters. The van der Waals surface area contributed by atoms with Crippen molar-refractivity contribution in [2.24, 2.45) is 0 Å². The Morgan fingerprint density at radius 3 is 2.27 bits per heavy atom. The Kier molecular flexibility index (Phi) is 5.88. The van der Waals surface area contributed by atoms with Crippen LogP contribution in [0.3, 0.4) is 0 Å². The molecule has 0 radical (unpaired) electrons. The quantitative estimate of drug-likeness (QED) is 0.628. The molecule has 3 rings (SSSR count). The zero-order chi connectivity index (χ0) is 18.7. The molecule has 2 aromatic carbocycles. The number of carbonyl (C=O) groups excluding carboxylic acids is 1. The van der Waals surface area contributed by atoms with Crippen molar-refractivity contribution in [1.82, 2.24) is 0 Å². The third kappa shape index (κ3) is 3.60. The summed E-state index contributed by atoms with van der Waals surface area (Å²) in [6.07, 6.45) is -0.989. The second-order valence-corrected chi connectivity index (χ2v) is 6.91. The lowest BCUT2D eigenvalue weighted by Crippen LogP contribution is -2.44. The molecule has 3 atom stereocenters. The maximum absolute atomic E-state index is 12.8. The Bertz CT molecular complexity index is 795. The highest BCUT2D eigenvalue weighted by atomic mass is 35.5. The van der Waals surface area contributed by atoms with Crippen LogP contribution in [0.25, 0.3) is 0 Å². The van der Waals surface area contributed by atoms with Crippen molar-refractivity contribution in [2.75, 3.05) is 6.61 Å². The molecule has 0 spiro atoms. The molecule has 4 nitrogen and oxygen atoms in total. The van der Waals surface area contributed by atoms with Crippen LogP contribution in [-0.4, -0.2) is 18.2 Å². The normalized spacial score (nSPS) is 25.2. The molecule has 1 aliphatic rings. The number of carbonyl (C=O) groups is 1. The first-order valence-corrected chi connectivity index (χ1v) is 9.27. The van der Waals surface area contributed by atoms with E-state index in [1.165, 1.54) is 0 Å². The third-order valence-corrected chi connectivity index (χ3v) is 4.89. The number of halogens is 2. The molecular formula is C20H20Cl2O4. The first kappa shape index (κ1) is 19.2. The van der Waals surface area contributed by atoms with Gasteiger partial charge in [0.1, 0.15) is 6.10 Å². The SMILES string of the molecule is CCOC(=O)[C@]1(CC)O[C@H](c2cccc(Cl)c2)O[C@@H]1c1cccc(Cl)c1. The van der Waals surface area contributed by atoms with Crippen molar-refractivity contribution in [2.45, 2.75) is 38.3 Å². The fourth-order valence-electron chi connectivity index (χ4n) is 3.15. The first-order valence-electron chi connectivity index (χ1n) is 8.51. The van der Waals surface area contributed by atoms with Crippen LogP contribution >= 0.6 is 23.2 Å². The summed E-state index contributed by atoms with van der Waals surface area (Å²) in [5.41, 5.74) is 0.245. The Morgan fingerprint density at radius 1 is 1.08 bits per heavy atom. The number of benzene rings is 2. The molecule has 1 fully saturated rings. The Hall–Kier alpha value is -1.59. The van der Waals surface area contributed by atoms with E-state index in [0.717, 1.165) is 11.1 Å². The zero-order valence-electron chi connectivity index (χ0n) is 14.6. The molecule has 2 aromatic rings. The second-order valence-electron chi connectivity index (χ2n) is 6.04. The van der Waals surface area contributed by atoms with E-state index in [1.807, 2.05) is 31.2 Å². The zero-order valence-corrected chi connectivity index (χ0v) is 16.1. The standard InChI is InChI=1S/C20H20Cl2O4/c1-3-20(19(23)24-4-2)17(13-7-5-9-15(21)11-13)25-18(26-20)14-8-6-10-16(22)12-14/h5-12,17-18H,3-4H2,1-2H3/t17-,18-,20-/m1/s1. The number of ether oxygens (including phenoxy) is 3. The molecule has 0 aliphatic carbocycles. The maximum Gasteiger partial charge on any atom is 0.341 e. The highest BCUT2D eigenvalue weighted by Gasteiger charge is 2.56. The summed E-state index contributed by atoms with van der Waals surface area (Å²) >= 11 is 12.2. The summed E-state index contributed by atoms with van der Waals surface area (Å²) in [4.78, 5) is 12.8. The summed E-state index contributed by atoms with van der Waals surface area (Å²) in [5, 5.41) is 1.13. The van der Waals surface area contributed by atoms with Crippen LogP contribution in [0.1, 0.15) is 43.8 Å². The van der Waals surface area contributed by atoms with Gasteiger partial charge in [0.15, 0.2) is 11.9 Å². The van der Waals surface area contributed by atoms with Crippen molar-refractivity contribution < 1.29 is 19.0 Å². The molecule has 6 heteroatoms. The van der Waals surface area contributed by atoms with Gasteiger partial charge in [-0.25, -0.2) is 4.79 Å². The number of hydrogen-bond acceptors (Lipinski definition) is 4. The summed E-state index contributed by atoms with van der Waals surface area (Å²) in [5.74, 6) is -0.447. The predicted molar refractivity (Wildman–Crippen MR) is 100 cm³/mol. The molecule has 0 aromatic heterocycles. The maximum atomic E-state index is 12.8. The minimum atomic E-state index is -1.26. The molecular weight excluding hydrogens is 375 g/mol. The Morgan fingerprint density at radius 2 is 1.69 bits per heavy atom. The van der Waals surface area contributed by atoms with Gasteiger partial charge in [0.25, 0.3) is 0 Å². The Balaban J connectivity index is 2.04. The van der Waals surface area contributed by atoms with Crippen LogP contribution in [0.4, 0.5) is 0 Å². The van der Waals surface area contributed by atoms with E-state index >= 15 is 0 Å². The molecule has 1 saturated heterocycles. The van der Waals surface area contributed by atoms with E-state index in [2.05, 4.69) is 0 Å². The van der Waals surface area contributed by atoms with Crippen LogP contribution in [0.15, 0.2) is 48.5 Å². The fraction of sp³-hybridized carbons (Fsp3) is 0.350. The average Bonchev–Trinajstić information content (AvgIpc) is 3.03.